The standard InChI is InChI=1S/CH2N2O2S/c2-1(4)3(5)6/h(H2,2,4). The molecule has 0 rings (SSSR count). The fourth-order valence-corrected chi connectivity index (χ4v) is 0. The van der Waals surface area contributed by atoms with E-state index < -0.39 is 6.03 Å². The van der Waals surface area contributed by atoms with E-state index >= 15 is 0 Å². The van der Waals surface area contributed by atoms with Gasteiger partial charge in [-0.05, 0) is 0 Å². The molecule has 2 N–H and O–H groups in total. The highest BCUT2D eigenvalue weighted by Gasteiger charge is 1.94. The number of nitrogens with two attached hydrogens (primary N) is 1. The van der Waals surface area contributed by atoms with Crippen molar-refractivity contribution >= 4 is 18.8 Å². The lowest BCUT2D eigenvalue weighted by atomic mass is 11.2. The first kappa shape index (κ1) is 5.29. The predicted molar refractivity (Wildman–Crippen MR) is 20.6 cm³/mol. The van der Waals surface area contributed by atoms with Gasteiger partial charge in [0.25, 0.3) is 0 Å². The molecule has 0 saturated heterocycles. The second-order valence-electron chi connectivity index (χ2n) is 0.595. The van der Waals surface area contributed by atoms with Gasteiger partial charge in [-0.3, -0.25) is 0 Å². The highest BCUT2D eigenvalue weighted by Crippen LogP contribution is 1.59. The zero-order valence-electron chi connectivity index (χ0n) is 2.75. The van der Waals surface area contributed by atoms with Crippen LogP contribution in [0.4, 0.5) is 4.79 Å². The van der Waals surface area contributed by atoms with Gasteiger partial charge in [0.2, 0.25) is 0 Å². The smallest absolute Gasteiger partial charge is 0.500 e. The monoisotopic (exact) mass is 106 g/mol. The zero-order chi connectivity index (χ0) is 5.15. The van der Waals surface area contributed by atoms with E-state index in [0.717, 1.165) is 0 Å². The molecule has 0 aromatic carbocycles. The molecule has 34 valence electrons. The second kappa shape index (κ2) is 1.66. The van der Waals surface area contributed by atoms with Crippen LogP contribution in [0.2, 0.25) is 0 Å². The molecule has 0 aliphatic rings. The molecule has 0 unspecified atom stereocenters. The molecule has 0 fully saturated rings. The topological polar surface area (TPSA) is 63.2 Å². The van der Waals surface area contributed by atoms with Crippen LogP contribution >= 0.6 is 0 Å². The van der Waals surface area contributed by atoms with Crippen molar-refractivity contribution in [3.63, 3.8) is 0 Å². The third-order valence-corrected chi connectivity index (χ3v) is 0.360. The zero-order valence-corrected chi connectivity index (χ0v) is 3.57. The Morgan fingerprint density at radius 2 is 2.00 bits per heavy atom. The van der Waals surface area contributed by atoms with Gasteiger partial charge in [-0.15, -0.1) is 0 Å². The van der Waals surface area contributed by atoms with Crippen molar-refractivity contribution in [2.24, 2.45) is 5.73 Å². The largest absolute Gasteiger partial charge is 0.509 e. The van der Waals surface area contributed by atoms with Crippen molar-refractivity contribution < 1.29 is 8.96 Å². The molecule has 2 amide bonds. The van der Waals surface area contributed by atoms with Gasteiger partial charge in [0.1, 0.15) is 0 Å². The van der Waals surface area contributed by atoms with Gasteiger partial charge < -0.3 is 12.8 Å². The first-order chi connectivity index (χ1) is 2.64. The van der Waals surface area contributed by atoms with Crippen LogP contribution in [-0.4, -0.2) is 10.2 Å². The molecule has 0 atom stereocenters. The fraction of sp³-hybridized carbons (Fsp3) is 0. The molecule has 0 aromatic rings. The van der Waals surface area contributed by atoms with Crippen molar-refractivity contribution in [3.05, 3.63) is 4.91 Å². The van der Waals surface area contributed by atoms with Crippen LogP contribution in [-0.2, 0) is 12.8 Å². The van der Waals surface area contributed by atoms with Gasteiger partial charge in [-0.25, -0.2) is 5.73 Å². The predicted octanol–water partition coefficient (Wildman–Crippen LogP) is -0.694. The van der Waals surface area contributed by atoms with Crippen molar-refractivity contribution in [1.29, 1.82) is 0 Å². The molecule has 0 bridgehead atoms. The van der Waals surface area contributed by atoms with Crippen LogP contribution < -0.4 is 5.73 Å². The quantitative estimate of drug-likeness (QED) is 0.328. The summed E-state index contributed by atoms with van der Waals surface area (Å²) in [6.45, 7) is 0. The van der Waals surface area contributed by atoms with E-state index in [1.54, 1.807) is 0 Å². The minimum Gasteiger partial charge on any atom is -0.500 e. The molecular formula is CH2N2O2S. The molecule has 6 heavy (non-hydrogen) atoms. The Hall–Kier alpha value is -0.710. The summed E-state index contributed by atoms with van der Waals surface area (Å²) in [5.74, 6) is 0. The van der Waals surface area contributed by atoms with Gasteiger partial charge in [0, 0.05) is 0 Å². The van der Waals surface area contributed by atoms with Crippen molar-refractivity contribution in [2.45, 2.75) is 0 Å². The van der Waals surface area contributed by atoms with Gasteiger partial charge in [0.15, 0.2) is 0 Å². The fourth-order valence-electron chi connectivity index (χ4n) is 0. The van der Waals surface area contributed by atoms with E-state index in [-0.39, 0.29) is 4.17 Å². The molecule has 0 heterocycles. The molecule has 0 spiro atoms. The average Bonchev–Trinajstić information content (AvgIpc) is 1.36. The number of hydrogen-bond acceptors (Lipinski definition) is 3. The minimum atomic E-state index is -1.15. The van der Waals surface area contributed by atoms with Gasteiger partial charge in [-0.1, -0.05) is 9.07 Å². The van der Waals surface area contributed by atoms with Crippen LogP contribution in [0.5, 0.6) is 0 Å². The van der Waals surface area contributed by atoms with E-state index in [0.29, 0.717) is 0 Å². The van der Waals surface area contributed by atoms with Crippen molar-refractivity contribution in [3.8, 4) is 0 Å². The van der Waals surface area contributed by atoms with Crippen LogP contribution in [0.1, 0.15) is 0 Å². The lowest BCUT2D eigenvalue weighted by Crippen LogP contribution is -2.18. The minimum absolute atomic E-state index is 0.361. The van der Waals surface area contributed by atoms with E-state index in [1.165, 1.54) is 0 Å². The summed E-state index contributed by atoms with van der Waals surface area (Å²) in [6, 6.07) is -1.15. The Kier molecular flexibility index (Phi) is 1.46. The van der Waals surface area contributed by atoms with Crippen molar-refractivity contribution in [2.75, 3.05) is 0 Å². The molecule has 0 aromatic heterocycles. The molecule has 0 saturated carbocycles. The Bertz CT molecular complexity index is 77.5. The lowest BCUT2D eigenvalue weighted by molar-refractivity contribution is -0.253. The Balaban J connectivity index is 3.57. The maximum Gasteiger partial charge on any atom is 0.509 e. The van der Waals surface area contributed by atoms with Crippen LogP contribution in [0.3, 0.4) is 0 Å². The molecule has 0 aliphatic heterocycles. The molecular weight excluding hydrogens is 104 g/mol. The van der Waals surface area contributed by atoms with E-state index in [2.05, 4.69) is 18.5 Å². The Morgan fingerprint density at radius 1 is 1.83 bits per heavy atom. The van der Waals surface area contributed by atoms with Gasteiger partial charge in [-0.2, -0.15) is 4.79 Å². The third-order valence-electron chi connectivity index (χ3n) is 0.180. The number of amides is 2. The maximum atomic E-state index is 9.43. The Morgan fingerprint density at radius 3 is 2.00 bits per heavy atom. The van der Waals surface area contributed by atoms with Crippen molar-refractivity contribution in [1.82, 2.24) is 0 Å². The van der Waals surface area contributed by atoms with Crippen LogP contribution in [0.15, 0.2) is 0 Å². The first-order valence-electron chi connectivity index (χ1n) is 1.08. The highest BCUT2D eigenvalue weighted by molar-refractivity contribution is 7.51. The number of primary amides is 1. The van der Waals surface area contributed by atoms with Crippen LogP contribution in [0, 0.1) is 4.91 Å². The lowest BCUT2D eigenvalue weighted by Gasteiger charge is -1.84. The SMILES string of the molecule is NC(=O)[N+](=O)[S-]. The summed E-state index contributed by atoms with van der Waals surface area (Å²) in [5, 5.41) is 0. The first-order valence-corrected chi connectivity index (χ1v) is 1.45. The summed E-state index contributed by atoms with van der Waals surface area (Å²) in [6.07, 6.45) is 0. The Labute approximate surface area is 39.4 Å². The number of rotatable bonds is 0. The van der Waals surface area contributed by atoms with E-state index in [4.69, 9.17) is 0 Å². The second-order valence-corrected chi connectivity index (χ2v) is 0.927. The third kappa shape index (κ3) is 1.59. The summed E-state index contributed by atoms with van der Waals surface area (Å²) in [7, 11) is 0. The molecule has 0 radical (unpaired) electrons. The van der Waals surface area contributed by atoms with Crippen LogP contribution in [0.25, 0.3) is 0 Å². The summed E-state index contributed by atoms with van der Waals surface area (Å²) >= 11 is 3.71. The summed E-state index contributed by atoms with van der Waals surface area (Å²) in [5.41, 5.74) is 4.31. The molecule has 4 nitrogen and oxygen atoms in total. The highest BCUT2D eigenvalue weighted by atomic mass is 32.1. The van der Waals surface area contributed by atoms with Gasteiger partial charge in [0.05, 0.1) is 0 Å². The van der Waals surface area contributed by atoms with E-state index in [9.17, 15) is 9.70 Å². The van der Waals surface area contributed by atoms with Gasteiger partial charge >= 0.3 is 6.03 Å². The number of carbonyl (C=O) groups excluding carboxylic acids is 1. The normalized spacial score (nSPS) is 7.33. The number of hydrogen-bond donors (Lipinski definition) is 1. The molecule has 0 aliphatic carbocycles. The number of urea groups is 1. The van der Waals surface area contributed by atoms with E-state index in [1.807, 2.05) is 0 Å². The summed E-state index contributed by atoms with van der Waals surface area (Å²) in [4.78, 5) is 18.8. The maximum absolute atomic E-state index is 9.43. The number of nitroso groups, excluding NO2 is 1. The number of nitrogens with zero attached hydrogens (tertiary/aromatic N) is 1. The summed E-state index contributed by atoms with van der Waals surface area (Å²) < 4.78 is -0.361. The number of carbonyl (C=O) groups is 1. The average molecular weight is 106 g/mol. The molecule has 5 heteroatoms.